The number of para-hydroxylation sites is 1. The van der Waals surface area contributed by atoms with E-state index in [1.54, 1.807) is 22.5 Å². The number of carbonyl (C=O) groups excluding carboxylic acids is 2. The third-order valence-corrected chi connectivity index (χ3v) is 4.20. The Hall–Kier alpha value is -2.16. The first-order valence-electron chi connectivity index (χ1n) is 6.86. The highest BCUT2D eigenvalue weighted by Crippen LogP contribution is 2.20. The molecule has 2 amide bonds. The number of nitrogens with one attached hydrogen (secondary N) is 1. The molecule has 0 aliphatic heterocycles. The molecule has 6 nitrogen and oxygen atoms in total. The summed E-state index contributed by atoms with van der Waals surface area (Å²) < 4.78 is 4.57. The molecule has 2 radical (unpaired) electrons. The molecule has 23 heavy (non-hydrogen) atoms. The lowest BCUT2D eigenvalue weighted by Gasteiger charge is -2.22. The average molecular weight is 330 g/mol. The Bertz CT molecular complexity index is 663. The Morgan fingerprint density at radius 1 is 1.22 bits per heavy atom. The van der Waals surface area contributed by atoms with Gasteiger partial charge in [-0.2, -0.15) is 0 Å². The van der Waals surface area contributed by atoms with E-state index in [-0.39, 0.29) is 18.9 Å². The maximum Gasteiger partial charge on any atom is 0.284 e. The van der Waals surface area contributed by atoms with Gasteiger partial charge in [-0.1, -0.05) is 18.2 Å². The van der Waals surface area contributed by atoms with Gasteiger partial charge in [0.25, 0.3) is 14.0 Å². The van der Waals surface area contributed by atoms with Crippen LogP contribution in [-0.2, 0) is 15.9 Å². The van der Waals surface area contributed by atoms with Crippen LogP contribution in [0.2, 0.25) is 0 Å². The monoisotopic (exact) mass is 330 g/mol. The first kappa shape index (κ1) is 17.2. The first-order chi connectivity index (χ1) is 11.2. The van der Waals surface area contributed by atoms with Crippen LogP contribution in [-0.4, -0.2) is 38.2 Å². The maximum absolute atomic E-state index is 12.6. The van der Waals surface area contributed by atoms with Gasteiger partial charge in [0.05, 0.1) is 11.3 Å². The molecule has 0 spiro atoms. The Labute approximate surface area is 139 Å². The van der Waals surface area contributed by atoms with Crippen LogP contribution in [0.1, 0.15) is 14.5 Å². The lowest BCUT2D eigenvalue weighted by atomic mass is 10.2. The average Bonchev–Trinajstić information content (AvgIpc) is 3.04. The minimum absolute atomic E-state index is 0.133. The molecule has 0 atom stereocenters. The largest absolute Gasteiger partial charge is 0.446 e. The van der Waals surface area contributed by atoms with Gasteiger partial charge in [-0.3, -0.25) is 14.8 Å². The third-order valence-electron chi connectivity index (χ3n) is 3.11. The van der Waals surface area contributed by atoms with Crippen molar-refractivity contribution in [2.75, 3.05) is 18.1 Å². The van der Waals surface area contributed by atoms with Crippen molar-refractivity contribution >= 4 is 36.9 Å². The molecule has 8 heteroatoms. The first-order valence-corrected chi connectivity index (χ1v) is 7.67. The van der Waals surface area contributed by atoms with Crippen molar-refractivity contribution in [3.8, 4) is 0 Å². The lowest BCUT2D eigenvalue weighted by Crippen LogP contribution is -2.35. The van der Waals surface area contributed by atoms with Crippen molar-refractivity contribution in [1.82, 2.24) is 5.48 Å². The number of carbonyl (C=O) groups is 2. The minimum atomic E-state index is -0.592. The van der Waals surface area contributed by atoms with E-state index in [1.807, 2.05) is 30.3 Å². The van der Waals surface area contributed by atoms with Gasteiger partial charge in [-0.25, -0.2) is 5.48 Å². The van der Waals surface area contributed by atoms with Gasteiger partial charge >= 0.3 is 0 Å². The molecule has 0 unspecified atom stereocenters. The zero-order valence-electron chi connectivity index (χ0n) is 12.3. The maximum atomic E-state index is 12.6. The Kier molecular flexibility index (Phi) is 6.34. The van der Waals surface area contributed by atoms with Gasteiger partial charge in [0.2, 0.25) is 5.91 Å². The molecule has 1 heterocycles. The van der Waals surface area contributed by atoms with Crippen LogP contribution in [0.5, 0.6) is 0 Å². The molecule has 2 N–H and O–H groups in total. The summed E-state index contributed by atoms with van der Waals surface area (Å²) in [5.74, 6) is -0.726. The molecule has 0 bridgehead atoms. The van der Waals surface area contributed by atoms with Crippen LogP contribution in [0.3, 0.4) is 0 Å². The summed E-state index contributed by atoms with van der Waals surface area (Å²) >= 11 is 1.15. The Morgan fingerprint density at radius 2 is 1.96 bits per heavy atom. The van der Waals surface area contributed by atoms with Crippen molar-refractivity contribution in [3.63, 3.8) is 0 Å². The lowest BCUT2D eigenvalue weighted by molar-refractivity contribution is -0.118. The number of nitrogens with zero attached hydrogens (tertiary/aromatic N) is 1. The molecule has 1 aromatic heterocycles. The van der Waals surface area contributed by atoms with Crippen LogP contribution >= 0.6 is 11.3 Å². The van der Waals surface area contributed by atoms with E-state index in [0.29, 0.717) is 11.4 Å². The molecule has 0 saturated heterocycles. The van der Waals surface area contributed by atoms with Gasteiger partial charge in [0, 0.05) is 23.7 Å². The predicted octanol–water partition coefficient (Wildman–Crippen LogP) is 1.54. The Balaban J connectivity index is 2.11. The Morgan fingerprint density at radius 3 is 2.61 bits per heavy atom. The normalized spacial score (nSPS) is 10.3. The smallest absolute Gasteiger partial charge is 0.284 e. The SMILES string of the molecule is [B]OCCN(C(=O)Cc1ccc(C(=O)NO)s1)c1ccccc1. The van der Waals surface area contributed by atoms with Crippen LogP contribution in [0.25, 0.3) is 0 Å². The molecule has 2 rings (SSSR count). The molecule has 0 saturated carbocycles. The van der Waals surface area contributed by atoms with Crippen molar-refractivity contribution in [2.45, 2.75) is 6.42 Å². The van der Waals surface area contributed by atoms with Crippen LogP contribution in [0, 0.1) is 0 Å². The zero-order chi connectivity index (χ0) is 16.7. The number of amides is 2. The molecule has 1 aromatic carbocycles. The number of hydrogen-bond acceptors (Lipinski definition) is 5. The molecular weight excluding hydrogens is 315 g/mol. The van der Waals surface area contributed by atoms with E-state index < -0.39 is 5.91 Å². The van der Waals surface area contributed by atoms with Gasteiger partial charge in [0.1, 0.15) is 0 Å². The fourth-order valence-electron chi connectivity index (χ4n) is 2.04. The second-order valence-electron chi connectivity index (χ2n) is 4.64. The molecule has 0 fully saturated rings. The second-order valence-corrected chi connectivity index (χ2v) is 5.80. The van der Waals surface area contributed by atoms with E-state index in [2.05, 4.69) is 4.65 Å². The number of anilines is 1. The summed E-state index contributed by atoms with van der Waals surface area (Å²) in [7, 11) is 5.06. The topological polar surface area (TPSA) is 78.9 Å². The zero-order valence-corrected chi connectivity index (χ0v) is 13.1. The van der Waals surface area contributed by atoms with Gasteiger partial charge in [-0.05, 0) is 24.3 Å². The molecular formula is C15H15BN2O4S. The van der Waals surface area contributed by atoms with Crippen molar-refractivity contribution in [3.05, 3.63) is 52.2 Å². The van der Waals surface area contributed by atoms with Crippen molar-refractivity contribution in [1.29, 1.82) is 0 Å². The number of benzene rings is 1. The standard InChI is InChI=1S/C15H15BN2O4S/c16-22-9-8-18(11-4-2-1-3-5-11)14(19)10-12-6-7-13(23-12)15(20)17-21/h1-7,21H,8-10H2,(H,17,20). The van der Waals surface area contributed by atoms with Gasteiger partial charge < -0.3 is 9.55 Å². The quantitative estimate of drug-likeness (QED) is 0.459. The third kappa shape index (κ3) is 4.66. The van der Waals surface area contributed by atoms with E-state index in [1.165, 1.54) is 0 Å². The fourth-order valence-corrected chi connectivity index (χ4v) is 2.93. The number of hydroxylamine groups is 1. The summed E-state index contributed by atoms with van der Waals surface area (Å²) in [6.45, 7) is 0.540. The highest BCUT2D eigenvalue weighted by Gasteiger charge is 2.17. The number of thiophene rings is 1. The molecule has 0 aliphatic rings. The van der Waals surface area contributed by atoms with Crippen LogP contribution in [0.4, 0.5) is 5.69 Å². The summed E-state index contributed by atoms with van der Waals surface area (Å²) in [6, 6.07) is 12.5. The van der Waals surface area contributed by atoms with Gasteiger partial charge in [-0.15, -0.1) is 11.3 Å². The summed E-state index contributed by atoms with van der Waals surface area (Å²) in [5, 5.41) is 8.62. The van der Waals surface area contributed by atoms with Crippen LogP contribution < -0.4 is 10.4 Å². The van der Waals surface area contributed by atoms with E-state index in [0.717, 1.165) is 21.9 Å². The summed E-state index contributed by atoms with van der Waals surface area (Å²) in [4.78, 5) is 26.5. The number of rotatable bonds is 7. The molecule has 0 aliphatic carbocycles. The highest BCUT2D eigenvalue weighted by atomic mass is 32.1. The van der Waals surface area contributed by atoms with Gasteiger partial charge in [0.15, 0.2) is 0 Å². The molecule has 118 valence electrons. The summed E-state index contributed by atoms with van der Waals surface area (Å²) in [6.07, 6.45) is 0.142. The summed E-state index contributed by atoms with van der Waals surface area (Å²) in [5.41, 5.74) is 2.32. The van der Waals surface area contributed by atoms with Crippen LogP contribution in [0.15, 0.2) is 42.5 Å². The predicted molar refractivity (Wildman–Crippen MR) is 87.8 cm³/mol. The van der Waals surface area contributed by atoms with Crippen molar-refractivity contribution < 1.29 is 19.5 Å². The number of hydrogen-bond donors (Lipinski definition) is 2. The van der Waals surface area contributed by atoms with Crippen molar-refractivity contribution in [2.24, 2.45) is 0 Å². The van der Waals surface area contributed by atoms with E-state index in [9.17, 15) is 9.59 Å². The molecule has 2 aromatic rings. The fraction of sp³-hybridized carbons (Fsp3) is 0.200. The second kappa shape index (κ2) is 8.47. The minimum Gasteiger partial charge on any atom is -0.446 e. The van der Waals surface area contributed by atoms with E-state index in [4.69, 9.17) is 13.3 Å². The highest BCUT2D eigenvalue weighted by molar-refractivity contribution is 7.14. The van der Waals surface area contributed by atoms with E-state index >= 15 is 0 Å².